The summed E-state index contributed by atoms with van der Waals surface area (Å²) in [6.07, 6.45) is 4.25. The number of H-pyrrole nitrogens is 2. The molecule has 1 aromatic carbocycles. The molecule has 0 unspecified atom stereocenters. The minimum atomic E-state index is 0.0141. The second kappa shape index (κ2) is 6.97. The number of carbonyl (C=O) groups excluding carboxylic acids is 1. The molecule has 5 rings (SSSR count). The lowest BCUT2D eigenvalue weighted by molar-refractivity contribution is 0.0732. The number of aromatic amines is 2. The third-order valence-corrected chi connectivity index (χ3v) is 5.13. The van der Waals surface area contributed by atoms with Crippen LogP contribution in [0.4, 0.5) is 0 Å². The number of nitrogens with zero attached hydrogens (tertiary/aromatic N) is 7. The van der Waals surface area contributed by atoms with Gasteiger partial charge in [0.05, 0.1) is 36.2 Å². The molecule has 0 spiro atoms. The number of fused-ring (bicyclic) bond motifs is 1. The van der Waals surface area contributed by atoms with Gasteiger partial charge in [0.1, 0.15) is 11.6 Å². The van der Waals surface area contributed by atoms with Gasteiger partial charge in [0.15, 0.2) is 0 Å². The van der Waals surface area contributed by atoms with Crippen molar-refractivity contribution >= 4 is 5.91 Å². The van der Waals surface area contributed by atoms with Gasteiger partial charge in [0.2, 0.25) is 0 Å². The monoisotopic (exact) mass is 389 g/mol. The second-order valence-corrected chi connectivity index (χ2v) is 7.06. The SMILES string of the molecule is Cc1nnnn1Cc1ccc(C(=O)N2CCc3nc(-c4cn[nH]c4)[nH]c3C2)cc1. The van der Waals surface area contributed by atoms with Crippen LogP contribution in [0.25, 0.3) is 11.4 Å². The first-order valence-electron chi connectivity index (χ1n) is 9.35. The molecule has 3 aromatic heterocycles. The molecule has 4 heterocycles. The van der Waals surface area contributed by atoms with E-state index >= 15 is 0 Å². The van der Waals surface area contributed by atoms with Gasteiger partial charge in [-0.2, -0.15) is 5.10 Å². The molecule has 10 heteroatoms. The maximum absolute atomic E-state index is 13.0. The third-order valence-electron chi connectivity index (χ3n) is 5.13. The highest BCUT2D eigenvalue weighted by molar-refractivity contribution is 5.94. The fourth-order valence-corrected chi connectivity index (χ4v) is 3.49. The minimum absolute atomic E-state index is 0.0141. The van der Waals surface area contributed by atoms with Crippen molar-refractivity contribution in [2.24, 2.45) is 0 Å². The van der Waals surface area contributed by atoms with Crippen molar-refractivity contribution in [2.45, 2.75) is 26.4 Å². The first-order valence-corrected chi connectivity index (χ1v) is 9.35. The van der Waals surface area contributed by atoms with Gasteiger partial charge in [-0.25, -0.2) is 9.67 Å². The number of benzene rings is 1. The van der Waals surface area contributed by atoms with Crippen LogP contribution in [0.3, 0.4) is 0 Å². The zero-order chi connectivity index (χ0) is 19.8. The summed E-state index contributed by atoms with van der Waals surface area (Å²) in [5.41, 5.74) is 4.60. The molecule has 0 aliphatic carbocycles. The molecular weight excluding hydrogens is 370 g/mol. The van der Waals surface area contributed by atoms with E-state index in [2.05, 4.69) is 35.7 Å². The van der Waals surface area contributed by atoms with Crippen LogP contribution in [0.2, 0.25) is 0 Å². The average molecular weight is 389 g/mol. The zero-order valence-electron chi connectivity index (χ0n) is 15.8. The second-order valence-electron chi connectivity index (χ2n) is 7.06. The number of aryl methyl sites for hydroxylation is 1. The lowest BCUT2D eigenvalue weighted by atomic mass is 10.1. The summed E-state index contributed by atoms with van der Waals surface area (Å²) in [5, 5.41) is 18.2. The third kappa shape index (κ3) is 3.28. The number of rotatable bonds is 4. The predicted octanol–water partition coefficient (Wildman–Crippen LogP) is 1.34. The maximum Gasteiger partial charge on any atom is 0.254 e. The van der Waals surface area contributed by atoms with Gasteiger partial charge in [-0.05, 0) is 35.0 Å². The molecule has 0 saturated heterocycles. The fraction of sp³-hybridized carbons (Fsp3) is 0.263. The number of amides is 1. The quantitative estimate of drug-likeness (QED) is 0.543. The topological polar surface area (TPSA) is 121 Å². The van der Waals surface area contributed by atoms with Crippen molar-refractivity contribution < 1.29 is 4.79 Å². The lowest BCUT2D eigenvalue weighted by Gasteiger charge is -2.26. The maximum atomic E-state index is 13.0. The summed E-state index contributed by atoms with van der Waals surface area (Å²) in [6.45, 7) is 3.60. The summed E-state index contributed by atoms with van der Waals surface area (Å²) in [4.78, 5) is 22.8. The van der Waals surface area contributed by atoms with Crippen LogP contribution >= 0.6 is 0 Å². The molecular formula is C19H19N9O. The first kappa shape index (κ1) is 17.3. The zero-order valence-corrected chi connectivity index (χ0v) is 15.8. The number of hydrogen-bond donors (Lipinski definition) is 2. The van der Waals surface area contributed by atoms with E-state index in [9.17, 15) is 4.79 Å². The Hall–Kier alpha value is -3.82. The van der Waals surface area contributed by atoms with Crippen LogP contribution in [-0.4, -0.2) is 57.7 Å². The minimum Gasteiger partial charge on any atom is -0.340 e. The number of imidazole rings is 1. The predicted molar refractivity (Wildman–Crippen MR) is 103 cm³/mol. The van der Waals surface area contributed by atoms with Gasteiger partial charge >= 0.3 is 0 Å². The number of carbonyl (C=O) groups is 1. The van der Waals surface area contributed by atoms with E-state index in [-0.39, 0.29) is 5.91 Å². The van der Waals surface area contributed by atoms with E-state index in [0.717, 1.165) is 40.6 Å². The van der Waals surface area contributed by atoms with E-state index in [1.54, 1.807) is 17.1 Å². The van der Waals surface area contributed by atoms with Gasteiger partial charge in [0.25, 0.3) is 5.91 Å². The molecule has 1 amide bonds. The smallest absolute Gasteiger partial charge is 0.254 e. The number of tetrazole rings is 1. The standard InChI is InChI=1S/C19H19N9O/c1-12-24-25-26-28(12)10-13-2-4-14(5-3-13)19(29)27-7-6-16-17(11-27)23-18(22-16)15-8-20-21-9-15/h2-5,8-9H,6-7,10-11H2,1H3,(H,20,21)(H,22,23). The highest BCUT2D eigenvalue weighted by Gasteiger charge is 2.25. The highest BCUT2D eigenvalue weighted by Crippen LogP contribution is 2.23. The van der Waals surface area contributed by atoms with Crippen molar-refractivity contribution in [3.63, 3.8) is 0 Å². The molecule has 1 aliphatic heterocycles. The Morgan fingerprint density at radius 2 is 2.10 bits per heavy atom. The Balaban J connectivity index is 1.29. The Labute approximate surface area is 166 Å². The van der Waals surface area contributed by atoms with Crippen LogP contribution < -0.4 is 0 Å². The van der Waals surface area contributed by atoms with Crippen LogP contribution in [0.15, 0.2) is 36.7 Å². The fourth-order valence-electron chi connectivity index (χ4n) is 3.49. The Bertz CT molecular complexity index is 1140. The van der Waals surface area contributed by atoms with Crippen molar-refractivity contribution in [1.29, 1.82) is 0 Å². The first-order chi connectivity index (χ1) is 14.2. The van der Waals surface area contributed by atoms with Crippen LogP contribution in [0, 0.1) is 6.92 Å². The Morgan fingerprint density at radius 1 is 1.24 bits per heavy atom. The molecule has 29 heavy (non-hydrogen) atoms. The van der Waals surface area contributed by atoms with Gasteiger partial charge in [-0.3, -0.25) is 9.89 Å². The summed E-state index contributed by atoms with van der Waals surface area (Å²) in [7, 11) is 0. The Kier molecular flexibility index (Phi) is 4.15. The van der Waals surface area contributed by atoms with E-state index in [4.69, 9.17) is 0 Å². The number of aromatic nitrogens is 8. The molecule has 0 radical (unpaired) electrons. The van der Waals surface area contributed by atoms with Gasteiger partial charge < -0.3 is 9.88 Å². The van der Waals surface area contributed by atoms with Gasteiger partial charge in [-0.1, -0.05) is 12.1 Å². The largest absolute Gasteiger partial charge is 0.340 e. The summed E-state index contributed by atoms with van der Waals surface area (Å²) in [5.74, 6) is 1.55. The molecule has 0 atom stereocenters. The van der Waals surface area contributed by atoms with Gasteiger partial charge in [0, 0.05) is 24.7 Å². The molecule has 0 fully saturated rings. The van der Waals surface area contributed by atoms with Gasteiger partial charge in [-0.15, -0.1) is 5.10 Å². The van der Waals surface area contributed by atoms with E-state index in [1.165, 1.54) is 0 Å². The normalized spacial score (nSPS) is 13.5. The molecule has 0 bridgehead atoms. The molecule has 2 N–H and O–H groups in total. The summed E-state index contributed by atoms with van der Waals surface area (Å²) in [6, 6.07) is 7.60. The summed E-state index contributed by atoms with van der Waals surface area (Å²) < 4.78 is 1.72. The van der Waals surface area contributed by atoms with Crippen LogP contribution in [-0.2, 0) is 19.5 Å². The van der Waals surface area contributed by atoms with E-state index in [1.807, 2.05) is 36.1 Å². The van der Waals surface area contributed by atoms with Crippen molar-refractivity contribution in [3.05, 3.63) is 65.0 Å². The van der Waals surface area contributed by atoms with E-state index < -0.39 is 0 Å². The number of nitrogens with one attached hydrogen (secondary N) is 2. The molecule has 10 nitrogen and oxygen atoms in total. The van der Waals surface area contributed by atoms with Crippen LogP contribution in [0.1, 0.15) is 33.1 Å². The number of hydrogen-bond acceptors (Lipinski definition) is 6. The highest BCUT2D eigenvalue weighted by atomic mass is 16.2. The lowest BCUT2D eigenvalue weighted by Crippen LogP contribution is -2.36. The molecule has 4 aromatic rings. The van der Waals surface area contributed by atoms with Crippen LogP contribution in [0.5, 0.6) is 0 Å². The van der Waals surface area contributed by atoms with Crippen molar-refractivity contribution in [1.82, 2.24) is 45.3 Å². The Morgan fingerprint density at radius 3 is 2.83 bits per heavy atom. The van der Waals surface area contributed by atoms with Crippen molar-refractivity contribution in [2.75, 3.05) is 6.54 Å². The average Bonchev–Trinajstić information content (AvgIpc) is 3.48. The van der Waals surface area contributed by atoms with Crippen molar-refractivity contribution in [3.8, 4) is 11.4 Å². The van der Waals surface area contributed by atoms with E-state index in [0.29, 0.717) is 25.2 Å². The molecule has 146 valence electrons. The summed E-state index contributed by atoms with van der Waals surface area (Å²) >= 11 is 0. The molecule has 0 saturated carbocycles. The molecule has 1 aliphatic rings.